The zero-order chi connectivity index (χ0) is 20.0. The third-order valence-corrected chi connectivity index (χ3v) is 3.64. The van der Waals surface area contributed by atoms with E-state index in [1.807, 2.05) is 0 Å². The molecule has 2 rings (SSSR count). The van der Waals surface area contributed by atoms with Crippen molar-refractivity contribution in [3.8, 4) is 11.5 Å². The number of nitro benzene ring substituents is 1. The van der Waals surface area contributed by atoms with Gasteiger partial charge in [-0.3, -0.25) is 14.9 Å². The first-order chi connectivity index (χ1) is 12.9. The molecule has 0 aliphatic rings. The summed E-state index contributed by atoms with van der Waals surface area (Å²) in [7, 11) is 2.92. The van der Waals surface area contributed by atoms with Crippen molar-refractivity contribution in [1.29, 1.82) is 0 Å². The number of esters is 1. The number of rotatable bonds is 7. The number of methoxy groups -OCH3 is 2. The van der Waals surface area contributed by atoms with Crippen molar-refractivity contribution < 1.29 is 28.7 Å². The van der Waals surface area contributed by atoms with Gasteiger partial charge in [-0.05, 0) is 25.1 Å². The maximum atomic E-state index is 12.3. The van der Waals surface area contributed by atoms with Crippen LogP contribution in [0.25, 0.3) is 0 Å². The van der Waals surface area contributed by atoms with Crippen molar-refractivity contribution in [3.05, 3.63) is 58.1 Å². The first-order valence-corrected chi connectivity index (χ1v) is 7.84. The lowest BCUT2D eigenvalue weighted by atomic mass is 10.2. The van der Waals surface area contributed by atoms with Gasteiger partial charge in [-0.1, -0.05) is 12.1 Å². The lowest BCUT2D eigenvalue weighted by Gasteiger charge is -2.16. The highest BCUT2D eigenvalue weighted by Gasteiger charge is 2.25. The van der Waals surface area contributed by atoms with Gasteiger partial charge in [-0.15, -0.1) is 0 Å². The molecule has 1 unspecified atom stereocenters. The van der Waals surface area contributed by atoms with Crippen molar-refractivity contribution in [2.24, 2.45) is 0 Å². The van der Waals surface area contributed by atoms with Crippen LogP contribution in [0.15, 0.2) is 42.5 Å². The Labute approximate surface area is 155 Å². The predicted molar refractivity (Wildman–Crippen MR) is 96.1 cm³/mol. The van der Waals surface area contributed by atoms with Crippen LogP contribution in [0.1, 0.15) is 17.3 Å². The highest BCUT2D eigenvalue weighted by molar-refractivity contribution is 5.99. The first kappa shape index (κ1) is 19.7. The number of nitro groups is 1. The molecule has 0 bridgehead atoms. The van der Waals surface area contributed by atoms with E-state index in [1.54, 1.807) is 18.2 Å². The summed E-state index contributed by atoms with van der Waals surface area (Å²) in [5.74, 6) is -0.715. The minimum atomic E-state index is -1.20. The average molecular weight is 374 g/mol. The van der Waals surface area contributed by atoms with E-state index in [0.717, 1.165) is 0 Å². The van der Waals surface area contributed by atoms with Crippen molar-refractivity contribution in [3.63, 3.8) is 0 Å². The Bertz CT molecular complexity index is 867. The van der Waals surface area contributed by atoms with Crippen LogP contribution in [0.2, 0.25) is 0 Å². The first-order valence-electron chi connectivity index (χ1n) is 7.84. The zero-order valence-corrected chi connectivity index (χ0v) is 14.9. The molecule has 0 fully saturated rings. The van der Waals surface area contributed by atoms with Gasteiger partial charge in [0.15, 0.2) is 6.10 Å². The van der Waals surface area contributed by atoms with Gasteiger partial charge >= 0.3 is 5.97 Å². The lowest BCUT2D eigenvalue weighted by molar-refractivity contribution is -0.385. The normalized spacial score (nSPS) is 11.2. The highest BCUT2D eigenvalue weighted by Crippen LogP contribution is 2.29. The largest absolute Gasteiger partial charge is 0.497 e. The van der Waals surface area contributed by atoms with Gasteiger partial charge in [0.2, 0.25) is 0 Å². The minimum absolute atomic E-state index is 0.235. The van der Waals surface area contributed by atoms with Crippen molar-refractivity contribution >= 4 is 23.3 Å². The molecule has 0 aliphatic carbocycles. The summed E-state index contributed by atoms with van der Waals surface area (Å²) in [6.45, 7) is 1.36. The quantitative estimate of drug-likeness (QED) is 0.450. The second-order valence-electron chi connectivity index (χ2n) is 5.38. The number of anilines is 1. The fourth-order valence-corrected chi connectivity index (χ4v) is 2.23. The molecule has 2 aromatic rings. The fraction of sp³-hybridized carbons (Fsp3) is 0.222. The van der Waals surface area contributed by atoms with Crippen molar-refractivity contribution in [2.45, 2.75) is 13.0 Å². The summed E-state index contributed by atoms with van der Waals surface area (Å²) in [5, 5.41) is 13.6. The number of benzene rings is 2. The third-order valence-electron chi connectivity index (χ3n) is 3.64. The molecule has 0 radical (unpaired) electrons. The average Bonchev–Trinajstić information content (AvgIpc) is 2.67. The molecule has 0 heterocycles. The molecule has 1 amide bonds. The Morgan fingerprint density at radius 2 is 1.81 bits per heavy atom. The van der Waals surface area contributed by atoms with E-state index in [2.05, 4.69) is 5.32 Å². The number of ether oxygens (including phenoxy) is 3. The molecule has 1 atom stereocenters. The Morgan fingerprint density at radius 1 is 1.11 bits per heavy atom. The van der Waals surface area contributed by atoms with Gasteiger partial charge in [0.25, 0.3) is 11.6 Å². The van der Waals surface area contributed by atoms with E-state index in [0.29, 0.717) is 17.2 Å². The summed E-state index contributed by atoms with van der Waals surface area (Å²) in [6.07, 6.45) is -1.20. The Hall–Kier alpha value is -3.62. The van der Waals surface area contributed by atoms with E-state index in [9.17, 15) is 19.7 Å². The van der Waals surface area contributed by atoms with Crippen LogP contribution in [0.3, 0.4) is 0 Å². The van der Waals surface area contributed by atoms with Crippen molar-refractivity contribution in [1.82, 2.24) is 0 Å². The molecular formula is C18H18N2O7. The molecule has 9 heteroatoms. The number of nitrogens with one attached hydrogen (secondary N) is 1. The number of hydrogen-bond donors (Lipinski definition) is 1. The Kier molecular flexibility index (Phi) is 6.32. The van der Waals surface area contributed by atoms with Crippen LogP contribution in [-0.4, -0.2) is 37.1 Å². The molecule has 142 valence electrons. The van der Waals surface area contributed by atoms with E-state index >= 15 is 0 Å². The van der Waals surface area contributed by atoms with Gasteiger partial charge in [0, 0.05) is 12.1 Å². The maximum absolute atomic E-state index is 12.3. The number of para-hydroxylation sites is 1. The second-order valence-corrected chi connectivity index (χ2v) is 5.38. The van der Waals surface area contributed by atoms with Gasteiger partial charge in [0.1, 0.15) is 17.1 Å². The number of carbonyl (C=O) groups is 2. The smallest absolute Gasteiger partial charge is 0.345 e. The third kappa shape index (κ3) is 4.72. The second kappa shape index (κ2) is 8.65. The molecule has 1 N–H and O–H groups in total. The summed E-state index contributed by atoms with van der Waals surface area (Å²) in [6, 6.07) is 10.2. The molecule has 2 aromatic carbocycles. The fourth-order valence-electron chi connectivity index (χ4n) is 2.23. The summed E-state index contributed by atoms with van der Waals surface area (Å²) >= 11 is 0. The lowest BCUT2D eigenvalue weighted by Crippen LogP contribution is -2.30. The number of amides is 1. The molecule has 0 aromatic heterocycles. The number of carbonyl (C=O) groups excluding carboxylic acids is 2. The Balaban J connectivity index is 2.13. The van der Waals surface area contributed by atoms with Gasteiger partial charge in [0.05, 0.1) is 24.8 Å². The molecule has 0 saturated heterocycles. The van der Waals surface area contributed by atoms with Crippen LogP contribution < -0.4 is 14.8 Å². The van der Waals surface area contributed by atoms with Crippen LogP contribution in [0, 0.1) is 10.1 Å². The minimum Gasteiger partial charge on any atom is -0.497 e. The van der Waals surface area contributed by atoms with Crippen LogP contribution in [-0.2, 0) is 9.53 Å². The van der Waals surface area contributed by atoms with E-state index in [-0.39, 0.29) is 5.56 Å². The summed E-state index contributed by atoms with van der Waals surface area (Å²) in [4.78, 5) is 34.9. The van der Waals surface area contributed by atoms with E-state index in [1.165, 1.54) is 45.4 Å². The van der Waals surface area contributed by atoms with Gasteiger partial charge < -0.3 is 19.5 Å². The number of nitrogens with zero attached hydrogens (tertiary/aromatic N) is 1. The molecule has 27 heavy (non-hydrogen) atoms. The van der Waals surface area contributed by atoms with Crippen LogP contribution in [0.4, 0.5) is 11.4 Å². The monoisotopic (exact) mass is 374 g/mol. The summed E-state index contributed by atoms with van der Waals surface area (Å²) < 4.78 is 15.3. The van der Waals surface area contributed by atoms with Crippen molar-refractivity contribution in [2.75, 3.05) is 19.5 Å². The molecule has 0 saturated carbocycles. The molecule has 0 spiro atoms. The molecule has 0 aliphatic heterocycles. The maximum Gasteiger partial charge on any atom is 0.345 e. The van der Waals surface area contributed by atoms with Crippen LogP contribution in [0.5, 0.6) is 11.5 Å². The molecule has 9 nitrogen and oxygen atoms in total. The van der Waals surface area contributed by atoms with Crippen LogP contribution >= 0.6 is 0 Å². The zero-order valence-electron chi connectivity index (χ0n) is 14.9. The van der Waals surface area contributed by atoms with Gasteiger partial charge in [-0.25, -0.2) is 4.79 Å². The van der Waals surface area contributed by atoms with E-state index < -0.39 is 28.6 Å². The van der Waals surface area contributed by atoms with E-state index in [4.69, 9.17) is 14.2 Å². The highest BCUT2D eigenvalue weighted by atomic mass is 16.6. The Morgan fingerprint density at radius 3 is 2.44 bits per heavy atom. The standard InChI is InChI=1S/C18H18N2O7/c1-11(27-18(22)13-6-4-5-7-15(13)20(23)24)17(21)19-14-10-12(25-2)8-9-16(14)26-3/h4-11H,1-3H3,(H,19,21). The topological polar surface area (TPSA) is 117 Å². The summed E-state index contributed by atoms with van der Waals surface area (Å²) in [5.41, 5.74) is -0.305. The molecular weight excluding hydrogens is 356 g/mol. The predicted octanol–water partition coefficient (Wildman–Crippen LogP) is 2.80. The SMILES string of the molecule is COc1ccc(OC)c(NC(=O)C(C)OC(=O)c2ccccc2[N+](=O)[O-])c1. The number of hydrogen-bond acceptors (Lipinski definition) is 7. The van der Waals surface area contributed by atoms with Gasteiger partial charge in [-0.2, -0.15) is 0 Å².